The highest BCUT2D eigenvalue weighted by Crippen LogP contribution is 2.58. The average Bonchev–Trinajstić information content (AvgIpc) is 3.94. The van der Waals surface area contributed by atoms with E-state index in [1.54, 1.807) is 6.08 Å². The van der Waals surface area contributed by atoms with Gasteiger partial charge >= 0.3 is 0 Å². The summed E-state index contributed by atoms with van der Waals surface area (Å²) in [6, 6.07) is 54.7. The van der Waals surface area contributed by atoms with Crippen molar-refractivity contribution >= 4 is 28.6 Å². The molecule has 3 heteroatoms. The molecule has 6 aromatic carbocycles. The molecule has 1 unspecified atom stereocenters. The largest absolute Gasteiger partial charge is 0.324 e. The van der Waals surface area contributed by atoms with E-state index >= 15 is 0 Å². The second-order valence-electron chi connectivity index (χ2n) is 15.0. The third kappa shape index (κ3) is 9.65. The van der Waals surface area contributed by atoms with E-state index in [-0.39, 0.29) is 0 Å². The smallest absolute Gasteiger partial charge is 0.0711 e. The molecule has 0 saturated heterocycles. The molecule has 1 atom stereocenters. The average molecular weight is 824 g/mol. The Labute approximate surface area is 377 Å². The Balaban J connectivity index is 0.000000266. The Morgan fingerprint density at radius 3 is 2.08 bits per heavy atom. The number of aryl methyl sites for hydroxylation is 1. The number of anilines is 2. The molecule has 0 spiro atoms. The number of rotatable bonds is 9. The Morgan fingerprint density at radius 2 is 1.37 bits per heavy atom. The minimum Gasteiger partial charge on any atom is -0.324 e. The van der Waals surface area contributed by atoms with E-state index in [9.17, 15) is 0 Å². The van der Waals surface area contributed by atoms with Gasteiger partial charge < -0.3 is 10.3 Å². The minimum atomic E-state index is -0.403. The first kappa shape index (κ1) is 45.3. The van der Waals surface area contributed by atoms with Crippen molar-refractivity contribution in [1.29, 1.82) is 0 Å². The molecular weight excluding hydrogens is 763 g/mol. The van der Waals surface area contributed by atoms with Crippen LogP contribution in [0.15, 0.2) is 231 Å². The predicted molar refractivity (Wildman–Crippen MR) is 274 cm³/mol. The lowest BCUT2D eigenvalue weighted by Crippen LogP contribution is -2.29. The first-order valence-corrected chi connectivity index (χ1v) is 22.2. The van der Waals surface area contributed by atoms with Gasteiger partial charge in [-0.1, -0.05) is 222 Å². The zero-order valence-electron chi connectivity index (χ0n) is 37.6. The number of hydrazine groups is 1. The van der Waals surface area contributed by atoms with Gasteiger partial charge in [0, 0.05) is 23.1 Å². The first-order chi connectivity index (χ1) is 31.0. The highest BCUT2D eigenvalue weighted by Gasteiger charge is 2.47. The van der Waals surface area contributed by atoms with Crippen LogP contribution in [0, 0.1) is 6.92 Å². The maximum absolute atomic E-state index is 5.44. The number of fused-ring (bicyclic) bond motifs is 4. The second kappa shape index (κ2) is 22.1. The summed E-state index contributed by atoms with van der Waals surface area (Å²) in [5, 5.41) is 0. The third-order valence-electron chi connectivity index (χ3n) is 11.4. The molecule has 9 rings (SSSR count). The summed E-state index contributed by atoms with van der Waals surface area (Å²) < 4.78 is 0. The Kier molecular flexibility index (Phi) is 15.9. The first-order valence-electron chi connectivity index (χ1n) is 22.2. The number of nitrogens with zero attached hydrogens (tertiary/aromatic N) is 1. The van der Waals surface area contributed by atoms with Crippen LogP contribution in [0.4, 0.5) is 11.4 Å². The number of allylic oxidation sites excluding steroid dienone is 10. The lowest BCUT2D eigenvalue weighted by Gasteiger charge is -2.36. The standard InChI is InChI=1S/C41H31N.C15H18N2.2C2H6/c1-28-19-22-33(23-20-28)42-26-25-30-11-6-7-14-34(30)29(2)35-24-21-32(27-40(35)42)41(31-12-4-3-5-13-31)38-17-9-8-15-36(38)37-16-10-18-39(37)41;1-2-3-4-8-11-15(17-16)13-12-14-9-6-5-7-10-14;2*1-2/h3-15,17-27H,2,16H2,1H3;2-11,13,17H,1,12,16H2;2*1-2H3/b26-25-;4-3-,11-8-,15-13-;;. The molecule has 0 radical (unpaired) electrons. The highest BCUT2D eigenvalue weighted by molar-refractivity contribution is 5.95. The molecule has 0 fully saturated rings. The molecule has 316 valence electrons. The zero-order chi connectivity index (χ0) is 44.6. The van der Waals surface area contributed by atoms with Crippen molar-refractivity contribution in [3.8, 4) is 0 Å². The number of benzene rings is 6. The van der Waals surface area contributed by atoms with Crippen molar-refractivity contribution in [2.45, 2.75) is 52.9 Å². The van der Waals surface area contributed by atoms with Gasteiger partial charge in [0.15, 0.2) is 0 Å². The summed E-state index contributed by atoms with van der Waals surface area (Å²) in [7, 11) is 0. The fraction of sp³-hybridized carbons (Fsp3) is 0.133. The minimum absolute atomic E-state index is 0.403. The molecule has 1 heterocycles. The van der Waals surface area contributed by atoms with Crippen LogP contribution in [0.5, 0.6) is 0 Å². The monoisotopic (exact) mass is 823 g/mol. The van der Waals surface area contributed by atoms with Gasteiger partial charge in [0.2, 0.25) is 0 Å². The van der Waals surface area contributed by atoms with E-state index in [0.29, 0.717) is 0 Å². The molecule has 0 amide bonds. The van der Waals surface area contributed by atoms with Crippen molar-refractivity contribution in [3.63, 3.8) is 0 Å². The van der Waals surface area contributed by atoms with E-state index in [0.717, 1.165) is 41.1 Å². The normalized spacial score (nSPS) is 16.2. The van der Waals surface area contributed by atoms with Crippen LogP contribution < -0.4 is 16.2 Å². The molecule has 6 aromatic rings. The fourth-order valence-electron chi connectivity index (χ4n) is 8.57. The quantitative estimate of drug-likeness (QED) is 0.0867. The van der Waals surface area contributed by atoms with Crippen molar-refractivity contribution in [2.75, 3.05) is 4.90 Å². The number of hydrogen-bond acceptors (Lipinski definition) is 3. The van der Waals surface area contributed by atoms with E-state index < -0.39 is 5.41 Å². The molecule has 63 heavy (non-hydrogen) atoms. The van der Waals surface area contributed by atoms with Crippen LogP contribution in [0.3, 0.4) is 0 Å². The van der Waals surface area contributed by atoms with Crippen LogP contribution in [0.2, 0.25) is 0 Å². The lowest BCUT2D eigenvalue weighted by molar-refractivity contribution is 0.762. The van der Waals surface area contributed by atoms with Gasteiger partial charge in [0.25, 0.3) is 0 Å². The molecule has 1 aliphatic heterocycles. The third-order valence-corrected chi connectivity index (χ3v) is 11.4. The van der Waals surface area contributed by atoms with Crippen molar-refractivity contribution in [1.82, 2.24) is 5.43 Å². The summed E-state index contributed by atoms with van der Waals surface area (Å²) in [5.41, 5.74) is 20.5. The molecular formula is C60H61N3. The summed E-state index contributed by atoms with van der Waals surface area (Å²) >= 11 is 0. The van der Waals surface area contributed by atoms with E-state index in [4.69, 9.17) is 5.84 Å². The summed E-state index contributed by atoms with van der Waals surface area (Å²) in [6.07, 6.45) is 22.3. The molecule has 3 aliphatic rings. The zero-order valence-corrected chi connectivity index (χ0v) is 37.6. The molecule has 0 bridgehead atoms. The summed E-state index contributed by atoms with van der Waals surface area (Å²) in [5.74, 6) is 5.44. The number of nitrogens with one attached hydrogen (secondary N) is 1. The molecule has 0 saturated carbocycles. The van der Waals surface area contributed by atoms with Crippen molar-refractivity contribution < 1.29 is 0 Å². The Bertz CT molecular complexity index is 2670. The lowest BCUT2D eigenvalue weighted by atomic mass is 9.66. The van der Waals surface area contributed by atoms with Crippen molar-refractivity contribution in [2.24, 2.45) is 5.84 Å². The van der Waals surface area contributed by atoms with Crippen LogP contribution in [0.1, 0.15) is 84.2 Å². The number of hydrogen-bond donors (Lipinski definition) is 2. The molecule has 2 aliphatic carbocycles. The maximum Gasteiger partial charge on any atom is 0.0711 e. The van der Waals surface area contributed by atoms with Gasteiger partial charge in [-0.05, 0) is 106 Å². The van der Waals surface area contributed by atoms with Gasteiger partial charge in [-0.25, -0.2) is 0 Å². The fourth-order valence-corrected chi connectivity index (χ4v) is 8.57. The second-order valence-corrected chi connectivity index (χ2v) is 15.0. The van der Waals surface area contributed by atoms with Crippen molar-refractivity contribution in [3.05, 3.63) is 281 Å². The van der Waals surface area contributed by atoms with E-state index in [1.165, 1.54) is 55.7 Å². The predicted octanol–water partition coefficient (Wildman–Crippen LogP) is 15.2. The maximum atomic E-state index is 5.44. The molecule has 3 N–H and O–H groups in total. The van der Waals surface area contributed by atoms with Crippen LogP contribution >= 0.6 is 0 Å². The van der Waals surface area contributed by atoms with Gasteiger partial charge in [-0.15, -0.1) is 0 Å². The van der Waals surface area contributed by atoms with Gasteiger partial charge in [0.1, 0.15) is 0 Å². The topological polar surface area (TPSA) is 41.3 Å². The molecule has 3 nitrogen and oxygen atoms in total. The number of nitrogens with two attached hydrogens (primary N) is 1. The molecule has 0 aromatic heterocycles. The van der Waals surface area contributed by atoms with Crippen LogP contribution in [0.25, 0.3) is 17.2 Å². The summed E-state index contributed by atoms with van der Waals surface area (Å²) in [6.45, 7) is 18.4. The Hall–Kier alpha value is -7.20. The van der Waals surface area contributed by atoms with Gasteiger partial charge in [-0.2, -0.15) is 0 Å². The van der Waals surface area contributed by atoms with Gasteiger partial charge in [-0.3, -0.25) is 5.84 Å². The SMILES string of the molecule is C=C1c2ccccc2/C=C\N(c2ccc(C)cc2)c2cc(C3(c4ccccc4)C4=C(CC=C4)c4ccccc43)ccc21.C=C\C=C/C=C\C(=C\Cc1ccccc1)NN.CC.CC. The Morgan fingerprint density at radius 1 is 0.698 bits per heavy atom. The van der Waals surface area contributed by atoms with E-state index in [2.05, 4.69) is 188 Å². The highest BCUT2D eigenvalue weighted by atomic mass is 15.2. The van der Waals surface area contributed by atoms with Crippen LogP contribution in [-0.2, 0) is 11.8 Å². The van der Waals surface area contributed by atoms with Crippen LogP contribution in [-0.4, -0.2) is 0 Å². The summed E-state index contributed by atoms with van der Waals surface area (Å²) in [4.78, 5) is 2.33. The van der Waals surface area contributed by atoms with E-state index in [1.807, 2.05) is 76.3 Å². The van der Waals surface area contributed by atoms with Gasteiger partial charge in [0.05, 0.1) is 11.1 Å².